The summed E-state index contributed by atoms with van der Waals surface area (Å²) >= 11 is 11.8. The van der Waals surface area contributed by atoms with Crippen LogP contribution in [0, 0.1) is 0 Å². The quantitative estimate of drug-likeness (QED) is 0.776. The van der Waals surface area contributed by atoms with E-state index >= 15 is 0 Å². The fourth-order valence-corrected chi connectivity index (χ4v) is 1.85. The van der Waals surface area contributed by atoms with Crippen molar-refractivity contribution in [2.75, 3.05) is 4.42 Å². The van der Waals surface area contributed by atoms with E-state index in [2.05, 4.69) is 0 Å². The largest absolute Gasteiger partial charge is 0.273 e. The molecule has 0 radical (unpaired) electrons. The molecule has 0 N–H and O–H groups in total. The number of nitrogens with zero attached hydrogens (tertiary/aromatic N) is 1. The molecule has 2 aromatic carbocycles. The number of benzene rings is 2. The van der Waals surface area contributed by atoms with E-state index in [9.17, 15) is 4.79 Å². The predicted octanol–water partition coefficient (Wildman–Crippen LogP) is 4.07. The highest BCUT2D eigenvalue weighted by Crippen LogP contribution is 2.20. The van der Waals surface area contributed by atoms with Crippen LogP contribution in [0.3, 0.4) is 0 Å². The van der Waals surface area contributed by atoms with Crippen LogP contribution in [0.25, 0.3) is 0 Å². The second-order valence-corrected chi connectivity index (χ2v) is 4.59. The Morgan fingerprint density at radius 2 is 1.61 bits per heavy atom. The Balaban J connectivity index is 2.07. The molecule has 0 fully saturated rings. The molecule has 0 saturated carbocycles. The average molecular weight is 280 g/mol. The fraction of sp³-hybridized carbons (Fsp3) is 0.0714. The summed E-state index contributed by atoms with van der Waals surface area (Å²) in [4.78, 5) is 12.0. The molecule has 0 bridgehead atoms. The van der Waals surface area contributed by atoms with Crippen LogP contribution >= 0.6 is 23.4 Å². The molecule has 92 valence electrons. The van der Waals surface area contributed by atoms with Gasteiger partial charge in [-0.3, -0.25) is 4.79 Å². The van der Waals surface area contributed by atoms with Crippen LogP contribution in [0.5, 0.6) is 0 Å². The third kappa shape index (κ3) is 3.25. The van der Waals surface area contributed by atoms with Gasteiger partial charge in [-0.2, -0.15) is 0 Å². The number of amides is 1. The van der Waals surface area contributed by atoms with Gasteiger partial charge in [0.2, 0.25) is 5.91 Å². The first-order chi connectivity index (χ1) is 8.66. The van der Waals surface area contributed by atoms with Crippen LogP contribution in [0.4, 0.5) is 5.69 Å². The van der Waals surface area contributed by atoms with Crippen molar-refractivity contribution in [3.05, 3.63) is 65.2 Å². The Morgan fingerprint density at radius 3 is 2.22 bits per heavy atom. The molecule has 0 spiro atoms. The van der Waals surface area contributed by atoms with Gasteiger partial charge in [-0.15, -0.1) is 0 Å². The second-order valence-electron chi connectivity index (χ2n) is 3.81. The van der Waals surface area contributed by atoms with Gasteiger partial charge in [-0.25, -0.2) is 4.42 Å². The zero-order valence-corrected chi connectivity index (χ0v) is 11.0. The van der Waals surface area contributed by atoms with Gasteiger partial charge in [0.1, 0.15) is 0 Å². The minimum atomic E-state index is -0.176. The standard InChI is InChI=1S/C14H11Cl2NO/c15-12-6-8-13(9-7-12)17(16)14(18)10-11-4-2-1-3-5-11/h1-9H,10H2. The average Bonchev–Trinajstić information content (AvgIpc) is 2.40. The first-order valence-electron chi connectivity index (χ1n) is 5.45. The Hall–Kier alpha value is -1.51. The van der Waals surface area contributed by atoms with E-state index in [1.807, 2.05) is 30.3 Å². The van der Waals surface area contributed by atoms with Crippen molar-refractivity contribution in [1.82, 2.24) is 0 Å². The molecular formula is C14H11Cl2NO. The van der Waals surface area contributed by atoms with Gasteiger partial charge < -0.3 is 0 Å². The van der Waals surface area contributed by atoms with Crippen LogP contribution < -0.4 is 4.42 Å². The van der Waals surface area contributed by atoms with E-state index in [4.69, 9.17) is 23.4 Å². The highest BCUT2D eigenvalue weighted by atomic mass is 35.5. The maximum atomic E-state index is 12.0. The third-order valence-electron chi connectivity index (χ3n) is 2.47. The van der Waals surface area contributed by atoms with Crippen molar-refractivity contribution in [2.45, 2.75) is 6.42 Å². The van der Waals surface area contributed by atoms with Crippen molar-refractivity contribution < 1.29 is 4.79 Å². The molecule has 0 aliphatic rings. The van der Waals surface area contributed by atoms with Crippen LogP contribution in [-0.4, -0.2) is 5.91 Å². The van der Waals surface area contributed by atoms with Crippen molar-refractivity contribution in [3.8, 4) is 0 Å². The molecule has 4 heteroatoms. The maximum Gasteiger partial charge on any atom is 0.246 e. The second kappa shape index (κ2) is 5.89. The van der Waals surface area contributed by atoms with E-state index in [-0.39, 0.29) is 12.3 Å². The van der Waals surface area contributed by atoms with Gasteiger partial charge in [0.15, 0.2) is 0 Å². The summed E-state index contributed by atoms with van der Waals surface area (Å²) in [5.41, 5.74) is 1.55. The van der Waals surface area contributed by atoms with Gasteiger partial charge >= 0.3 is 0 Å². The highest BCUT2D eigenvalue weighted by molar-refractivity contribution is 6.37. The number of carbonyl (C=O) groups is 1. The lowest BCUT2D eigenvalue weighted by Crippen LogP contribution is -2.22. The summed E-state index contributed by atoms with van der Waals surface area (Å²) in [6.45, 7) is 0. The number of carbonyl (C=O) groups excluding carboxylic acids is 1. The number of rotatable bonds is 3. The van der Waals surface area contributed by atoms with E-state index in [0.717, 1.165) is 9.98 Å². The molecule has 0 aromatic heterocycles. The maximum absolute atomic E-state index is 12.0. The lowest BCUT2D eigenvalue weighted by molar-refractivity contribution is -0.116. The summed E-state index contributed by atoms with van der Waals surface area (Å²) in [5.74, 6) is -0.176. The molecular weight excluding hydrogens is 269 g/mol. The predicted molar refractivity (Wildman–Crippen MR) is 74.9 cm³/mol. The number of hydrogen-bond donors (Lipinski definition) is 0. The number of hydrogen-bond acceptors (Lipinski definition) is 1. The molecule has 2 aromatic rings. The normalized spacial score (nSPS) is 10.1. The number of anilines is 1. The van der Waals surface area contributed by atoms with Crippen LogP contribution in [0.1, 0.15) is 5.56 Å². The van der Waals surface area contributed by atoms with Crippen LogP contribution in [-0.2, 0) is 11.2 Å². The summed E-state index contributed by atoms with van der Waals surface area (Å²) in [7, 11) is 0. The Kier molecular flexibility index (Phi) is 4.24. The van der Waals surface area contributed by atoms with Crippen LogP contribution in [0.2, 0.25) is 5.02 Å². The first-order valence-corrected chi connectivity index (χ1v) is 6.16. The molecule has 2 rings (SSSR count). The lowest BCUT2D eigenvalue weighted by atomic mass is 10.1. The summed E-state index contributed by atoms with van der Waals surface area (Å²) in [5, 5.41) is 0.610. The van der Waals surface area contributed by atoms with E-state index in [1.54, 1.807) is 24.3 Å². The van der Waals surface area contributed by atoms with Gasteiger partial charge in [0.05, 0.1) is 12.1 Å². The van der Waals surface area contributed by atoms with Crippen molar-refractivity contribution in [3.63, 3.8) is 0 Å². The summed E-state index contributed by atoms with van der Waals surface area (Å²) in [6.07, 6.45) is 0.271. The van der Waals surface area contributed by atoms with Gasteiger partial charge in [-0.05, 0) is 29.8 Å². The Labute approximate surface area is 116 Å². The minimum absolute atomic E-state index is 0.176. The van der Waals surface area contributed by atoms with Crippen LogP contribution in [0.15, 0.2) is 54.6 Å². The van der Waals surface area contributed by atoms with Gasteiger partial charge in [0.25, 0.3) is 0 Å². The van der Waals surface area contributed by atoms with E-state index in [1.165, 1.54) is 0 Å². The Bertz CT molecular complexity index is 525. The molecule has 0 saturated heterocycles. The van der Waals surface area contributed by atoms with Crippen molar-refractivity contribution in [2.24, 2.45) is 0 Å². The number of halogens is 2. The zero-order chi connectivity index (χ0) is 13.0. The molecule has 2 nitrogen and oxygen atoms in total. The SMILES string of the molecule is O=C(Cc1ccccc1)N(Cl)c1ccc(Cl)cc1. The van der Waals surface area contributed by atoms with Gasteiger partial charge in [-0.1, -0.05) is 41.9 Å². The molecule has 18 heavy (non-hydrogen) atoms. The highest BCUT2D eigenvalue weighted by Gasteiger charge is 2.13. The first kappa shape index (κ1) is 12.9. The fourth-order valence-electron chi connectivity index (χ4n) is 1.56. The Morgan fingerprint density at radius 1 is 1.00 bits per heavy atom. The lowest BCUT2D eigenvalue weighted by Gasteiger charge is -2.13. The molecule has 1 amide bonds. The molecule has 0 aliphatic carbocycles. The van der Waals surface area contributed by atoms with Gasteiger partial charge in [0, 0.05) is 16.8 Å². The van der Waals surface area contributed by atoms with E-state index in [0.29, 0.717) is 10.7 Å². The summed E-state index contributed by atoms with van der Waals surface area (Å²) < 4.78 is 1.11. The summed E-state index contributed by atoms with van der Waals surface area (Å²) in [6, 6.07) is 16.3. The molecule has 0 atom stereocenters. The van der Waals surface area contributed by atoms with Crippen molar-refractivity contribution >= 4 is 35.0 Å². The smallest absolute Gasteiger partial charge is 0.246 e. The monoisotopic (exact) mass is 279 g/mol. The van der Waals surface area contributed by atoms with E-state index < -0.39 is 0 Å². The molecule has 0 heterocycles. The topological polar surface area (TPSA) is 20.3 Å². The third-order valence-corrected chi connectivity index (χ3v) is 3.11. The molecule has 0 unspecified atom stereocenters. The zero-order valence-electron chi connectivity index (χ0n) is 9.51. The van der Waals surface area contributed by atoms with Crippen molar-refractivity contribution in [1.29, 1.82) is 0 Å². The minimum Gasteiger partial charge on any atom is -0.273 e. The molecule has 0 aliphatic heterocycles.